The van der Waals surface area contributed by atoms with Crippen LogP contribution in [-0.4, -0.2) is 74.2 Å². The zero-order valence-electron chi connectivity index (χ0n) is 13.5. The van der Waals surface area contributed by atoms with Crippen molar-refractivity contribution in [2.75, 3.05) is 46.4 Å². The van der Waals surface area contributed by atoms with Crippen molar-refractivity contribution < 1.29 is 19.1 Å². The molecule has 6 heteroatoms. The summed E-state index contributed by atoms with van der Waals surface area (Å²) in [5.41, 5.74) is 0. The molecule has 1 aliphatic rings. The van der Waals surface area contributed by atoms with Crippen LogP contribution in [0, 0.1) is 0 Å². The van der Waals surface area contributed by atoms with Gasteiger partial charge in [0.05, 0.1) is 13.5 Å². The minimum atomic E-state index is -0.334. The molecule has 1 aliphatic heterocycles. The fourth-order valence-electron chi connectivity index (χ4n) is 2.44. The molecule has 0 saturated carbocycles. The first-order chi connectivity index (χ1) is 10.1. The molecule has 1 atom stereocenters. The number of amides is 1. The Kier molecular flexibility index (Phi) is 8.30. The Morgan fingerprint density at radius 1 is 1.19 bits per heavy atom. The number of carbonyl (C=O) groups is 2. The number of ether oxygens (including phenoxy) is 2. The SMILES string of the molecule is CCN(CC)CCN(CCC(=O)OC)C(=O)C1CCCO1. The second-order valence-electron chi connectivity index (χ2n) is 5.18. The van der Waals surface area contributed by atoms with Gasteiger partial charge in [-0.05, 0) is 25.9 Å². The number of esters is 1. The van der Waals surface area contributed by atoms with Crippen LogP contribution in [-0.2, 0) is 19.1 Å². The van der Waals surface area contributed by atoms with Gasteiger partial charge in [-0.2, -0.15) is 0 Å². The molecule has 1 unspecified atom stereocenters. The van der Waals surface area contributed by atoms with E-state index >= 15 is 0 Å². The first-order valence-electron chi connectivity index (χ1n) is 7.81. The van der Waals surface area contributed by atoms with Crippen LogP contribution in [0.25, 0.3) is 0 Å². The number of likely N-dealkylation sites (N-methyl/N-ethyl adjacent to an activating group) is 1. The van der Waals surface area contributed by atoms with Gasteiger partial charge in [0.15, 0.2) is 0 Å². The highest BCUT2D eigenvalue weighted by Crippen LogP contribution is 2.15. The van der Waals surface area contributed by atoms with Crippen LogP contribution < -0.4 is 0 Å². The largest absolute Gasteiger partial charge is 0.469 e. The summed E-state index contributed by atoms with van der Waals surface area (Å²) in [6, 6.07) is 0. The predicted octanol–water partition coefficient (Wildman–Crippen LogP) is 0.899. The zero-order chi connectivity index (χ0) is 15.7. The normalized spacial score (nSPS) is 18.0. The van der Waals surface area contributed by atoms with Gasteiger partial charge in [-0.1, -0.05) is 13.8 Å². The lowest BCUT2D eigenvalue weighted by Gasteiger charge is -2.28. The summed E-state index contributed by atoms with van der Waals surface area (Å²) in [5.74, 6) is -0.286. The summed E-state index contributed by atoms with van der Waals surface area (Å²) in [6.45, 7) is 8.59. The first kappa shape index (κ1) is 17.9. The van der Waals surface area contributed by atoms with E-state index < -0.39 is 0 Å². The van der Waals surface area contributed by atoms with E-state index in [0.29, 0.717) is 19.7 Å². The molecule has 0 aromatic carbocycles. The molecular weight excluding hydrogens is 272 g/mol. The molecule has 6 nitrogen and oxygen atoms in total. The maximum Gasteiger partial charge on any atom is 0.307 e. The molecule has 21 heavy (non-hydrogen) atoms. The Labute approximate surface area is 127 Å². The van der Waals surface area contributed by atoms with Crippen LogP contribution in [0.5, 0.6) is 0 Å². The van der Waals surface area contributed by atoms with Crippen LogP contribution in [0.1, 0.15) is 33.1 Å². The molecule has 1 fully saturated rings. The Morgan fingerprint density at radius 2 is 1.90 bits per heavy atom. The summed E-state index contributed by atoms with van der Waals surface area (Å²) < 4.78 is 10.1. The van der Waals surface area contributed by atoms with Gasteiger partial charge in [0, 0.05) is 26.2 Å². The molecule has 0 radical (unpaired) electrons. The standard InChI is InChI=1S/C15H28N2O4/c1-4-16(5-2)10-11-17(9-8-14(18)20-3)15(19)13-7-6-12-21-13/h13H,4-12H2,1-3H3. The molecule has 0 N–H and O–H groups in total. The fourth-order valence-corrected chi connectivity index (χ4v) is 2.44. The Hall–Kier alpha value is -1.14. The van der Waals surface area contributed by atoms with Gasteiger partial charge < -0.3 is 19.3 Å². The van der Waals surface area contributed by atoms with E-state index in [1.807, 2.05) is 0 Å². The van der Waals surface area contributed by atoms with E-state index in [9.17, 15) is 9.59 Å². The number of nitrogens with zero attached hydrogens (tertiary/aromatic N) is 2. The van der Waals surface area contributed by atoms with Crippen LogP contribution in [0.4, 0.5) is 0 Å². The third-order valence-electron chi connectivity index (χ3n) is 3.91. The molecule has 122 valence electrons. The van der Waals surface area contributed by atoms with Gasteiger partial charge in [0.25, 0.3) is 5.91 Å². The molecular formula is C15H28N2O4. The first-order valence-corrected chi connectivity index (χ1v) is 7.81. The molecule has 1 saturated heterocycles. The van der Waals surface area contributed by atoms with Crippen molar-refractivity contribution in [3.8, 4) is 0 Å². The summed E-state index contributed by atoms with van der Waals surface area (Å²) in [6.07, 6.45) is 1.60. The smallest absolute Gasteiger partial charge is 0.307 e. The average molecular weight is 300 g/mol. The molecule has 0 aliphatic carbocycles. The molecule has 0 spiro atoms. The predicted molar refractivity (Wildman–Crippen MR) is 80.0 cm³/mol. The van der Waals surface area contributed by atoms with Crippen molar-refractivity contribution in [3.05, 3.63) is 0 Å². The van der Waals surface area contributed by atoms with Crippen molar-refractivity contribution in [2.24, 2.45) is 0 Å². The minimum absolute atomic E-state index is 0.00330. The summed E-state index contributed by atoms with van der Waals surface area (Å²) in [5, 5.41) is 0. The van der Waals surface area contributed by atoms with Crippen molar-refractivity contribution in [1.29, 1.82) is 0 Å². The van der Waals surface area contributed by atoms with Gasteiger partial charge in [0.1, 0.15) is 6.10 Å². The highest BCUT2D eigenvalue weighted by atomic mass is 16.5. The van der Waals surface area contributed by atoms with Gasteiger partial charge in [-0.25, -0.2) is 0 Å². The Bertz CT molecular complexity index is 326. The number of carbonyl (C=O) groups excluding carboxylic acids is 2. The van der Waals surface area contributed by atoms with Crippen LogP contribution in [0.2, 0.25) is 0 Å². The van der Waals surface area contributed by atoms with E-state index in [-0.39, 0.29) is 24.4 Å². The quantitative estimate of drug-likeness (QED) is 0.592. The third kappa shape index (κ3) is 6.01. The highest BCUT2D eigenvalue weighted by molar-refractivity contribution is 5.81. The van der Waals surface area contributed by atoms with Gasteiger partial charge >= 0.3 is 5.97 Å². The summed E-state index contributed by atoms with van der Waals surface area (Å²) in [7, 11) is 1.37. The van der Waals surface area contributed by atoms with E-state index in [1.165, 1.54) is 7.11 Å². The molecule has 1 rings (SSSR count). The van der Waals surface area contributed by atoms with Gasteiger partial charge in [0.2, 0.25) is 0 Å². The second-order valence-corrected chi connectivity index (χ2v) is 5.18. The summed E-state index contributed by atoms with van der Waals surface area (Å²) in [4.78, 5) is 27.8. The topological polar surface area (TPSA) is 59.1 Å². The lowest BCUT2D eigenvalue weighted by Crippen LogP contribution is -2.44. The van der Waals surface area contributed by atoms with E-state index in [0.717, 1.165) is 32.5 Å². The second kappa shape index (κ2) is 9.73. The Morgan fingerprint density at radius 3 is 2.43 bits per heavy atom. The molecule has 0 aromatic rings. The fraction of sp³-hybridized carbons (Fsp3) is 0.867. The average Bonchev–Trinajstić information content (AvgIpc) is 3.04. The lowest BCUT2D eigenvalue weighted by molar-refractivity contribution is -0.144. The third-order valence-corrected chi connectivity index (χ3v) is 3.91. The number of rotatable bonds is 9. The maximum absolute atomic E-state index is 12.5. The molecule has 0 bridgehead atoms. The van der Waals surface area contributed by atoms with Crippen molar-refractivity contribution in [2.45, 2.75) is 39.2 Å². The van der Waals surface area contributed by atoms with E-state index in [2.05, 4.69) is 23.5 Å². The highest BCUT2D eigenvalue weighted by Gasteiger charge is 2.28. The number of hydrogen-bond donors (Lipinski definition) is 0. The van der Waals surface area contributed by atoms with Crippen molar-refractivity contribution in [3.63, 3.8) is 0 Å². The van der Waals surface area contributed by atoms with Crippen molar-refractivity contribution >= 4 is 11.9 Å². The number of methoxy groups -OCH3 is 1. The minimum Gasteiger partial charge on any atom is -0.469 e. The monoisotopic (exact) mass is 300 g/mol. The number of hydrogen-bond acceptors (Lipinski definition) is 5. The van der Waals surface area contributed by atoms with E-state index in [4.69, 9.17) is 4.74 Å². The molecule has 1 amide bonds. The van der Waals surface area contributed by atoms with Gasteiger partial charge in [-0.3, -0.25) is 9.59 Å². The maximum atomic E-state index is 12.5. The van der Waals surface area contributed by atoms with Crippen LogP contribution in [0.3, 0.4) is 0 Å². The lowest BCUT2D eigenvalue weighted by atomic mass is 10.2. The summed E-state index contributed by atoms with van der Waals surface area (Å²) >= 11 is 0. The zero-order valence-corrected chi connectivity index (χ0v) is 13.5. The van der Waals surface area contributed by atoms with Crippen LogP contribution in [0.15, 0.2) is 0 Å². The molecule has 0 aromatic heterocycles. The van der Waals surface area contributed by atoms with Gasteiger partial charge in [-0.15, -0.1) is 0 Å². The Balaban J connectivity index is 2.55. The van der Waals surface area contributed by atoms with Crippen molar-refractivity contribution in [1.82, 2.24) is 9.80 Å². The van der Waals surface area contributed by atoms with E-state index in [1.54, 1.807) is 4.90 Å². The van der Waals surface area contributed by atoms with Crippen LogP contribution >= 0.6 is 0 Å². The molecule has 1 heterocycles.